The van der Waals surface area contributed by atoms with E-state index in [0.717, 1.165) is 241 Å². The zero-order chi connectivity index (χ0) is 98.2. The van der Waals surface area contributed by atoms with Crippen LogP contribution < -0.4 is 22.9 Å². The maximum atomic E-state index is 15.7. The third-order valence-corrected chi connectivity index (χ3v) is 26.3. The van der Waals surface area contributed by atoms with Crippen LogP contribution in [0.5, 0.6) is 0 Å². The summed E-state index contributed by atoms with van der Waals surface area (Å²) in [4.78, 5) is 184. The molecule has 4 aromatic rings. The molecule has 0 aromatic heterocycles. The van der Waals surface area contributed by atoms with Crippen molar-refractivity contribution in [1.82, 2.24) is 58.8 Å². The smallest absolute Gasteiger partial charge is 0.242 e. The van der Waals surface area contributed by atoms with Gasteiger partial charge in [0.2, 0.25) is 65.0 Å². The number of hydrogen-bond acceptors (Lipinski definition) is 16. The predicted octanol–water partition coefficient (Wildman–Crippen LogP) is 13.7. The number of nitrogens with two attached hydrogens (primary N) is 4. The molecule has 0 spiro atoms. The summed E-state index contributed by atoms with van der Waals surface area (Å²) in [5, 5.41) is 0. The van der Waals surface area contributed by atoms with Gasteiger partial charge in [-0.25, -0.2) is 0 Å². The Morgan fingerprint density at radius 2 is 0.419 bits per heavy atom. The molecule has 0 aliphatic carbocycles. The Labute approximate surface area is 819 Å². The molecule has 27 nitrogen and oxygen atoms in total. The second kappa shape index (κ2) is 74.9. The van der Waals surface area contributed by atoms with Crippen molar-refractivity contribution in [3.63, 3.8) is 0 Å². The minimum atomic E-state index is -0.637. The van der Waals surface area contributed by atoms with Crippen molar-refractivity contribution in [3.8, 4) is 0 Å². The maximum absolute atomic E-state index is 15.7. The highest BCUT2D eigenvalue weighted by atomic mass is 16.2. The molecule has 0 bridgehead atoms. The summed E-state index contributed by atoms with van der Waals surface area (Å²) in [5.41, 5.74) is 27.7. The summed E-state index contributed by atoms with van der Waals surface area (Å²) in [6.07, 6.45) is 37.2. The normalized spacial score (nSPS) is 12.1. The van der Waals surface area contributed by atoms with E-state index in [1.165, 1.54) is 58.5 Å². The summed E-state index contributed by atoms with van der Waals surface area (Å²) in [6.45, 7) is 12.8. The van der Waals surface area contributed by atoms with Gasteiger partial charge in [0.25, 0.3) is 0 Å². The predicted molar refractivity (Wildman–Crippen MR) is 549 cm³/mol. The van der Waals surface area contributed by atoms with Crippen LogP contribution in [0.2, 0.25) is 0 Å². The minimum Gasteiger partial charge on any atom is -0.368 e. The Morgan fingerprint density at radius 3 is 0.647 bits per heavy atom. The number of carbonyl (C=O) groups excluding carboxylic acids is 11. The Bertz CT molecular complexity index is 3880. The molecule has 0 atom stereocenters. The van der Waals surface area contributed by atoms with E-state index >= 15 is 33.6 Å². The van der Waals surface area contributed by atoms with E-state index in [4.69, 9.17) is 22.9 Å². The number of carbonyl (C=O) groups is 11. The zero-order valence-electron chi connectivity index (χ0n) is 84.7. The number of rotatable bonds is 81. The van der Waals surface area contributed by atoms with Gasteiger partial charge in [-0.05, 0) is 113 Å². The number of amides is 11. The third-order valence-electron chi connectivity index (χ3n) is 26.3. The SMILES string of the molecule is CCCCCCCCCCN(CC(N)=O)C(=O)CN(CCCCCCCCCC)C(=O)CN(CCCCCCCCCC)C(=O)CN(CCCCCCCCCC)C(=O)CN(CCc1ccccc1)C(=O)CN(CCc1ccccc1)C(=O)CN(CCN)C(=O)CN(CCc1ccccc1)C(=O)CN(CCc1ccccc1)C(=O)CN(CCN)C(=O)CCCCCN1CCN(CCCN)CC1. The summed E-state index contributed by atoms with van der Waals surface area (Å²) < 4.78 is 0. The van der Waals surface area contributed by atoms with Gasteiger partial charge in [-0.1, -0.05) is 335 Å². The summed E-state index contributed by atoms with van der Waals surface area (Å²) in [5.74, 6) is -5.26. The second-order valence-electron chi connectivity index (χ2n) is 37.7. The Balaban J connectivity index is 1.48. The lowest BCUT2D eigenvalue weighted by Crippen LogP contribution is -2.53. The highest BCUT2D eigenvalue weighted by molar-refractivity contribution is 5.95. The van der Waals surface area contributed by atoms with E-state index in [2.05, 4.69) is 37.5 Å². The van der Waals surface area contributed by atoms with Gasteiger partial charge in [-0.3, -0.25) is 52.7 Å². The number of unbranched alkanes of at least 4 members (excludes halogenated alkanes) is 30. The van der Waals surface area contributed by atoms with Gasteiger partial charge in [0.15, 0.2) is 0 Å². The van der Waals surface area contributed by atoms with E-state index in [0.29, 0.717) is 70.9 Å². The molecular weight excluding hydrogens is 1710 g/mol. The molecule has 136 heavy (non-hydrogen) atoms. The van der Waals surface area contributed by atoms with E-state index in [-0.39, 0.29) is 123 Å². The van der Waals surface area contributed by atoms with Crippen LogP contribution in [0.1, 0.15) is 288 Å². The quantitative estimate of drug-likeness (QED) is 0.0298. The molecule has 0 saturated carbocycles. The number of nitrogens with zero attached hydrogens (tertiary/aromatic N) is 12. The van der Waals surface area contributed by atoms with E-state index < -0.39 is 85.9 Å². The van der Waals surface area contributed by atoms with Crippen LogP contribution in [-0.2, 0) is 78.4 Å². The van der Waals surface area contributed by atoms with Crippen LogP contribution in [0, 0.1) is 0 Å². The lowest BCUT2D eigenvalue weighted by molar-refractivity contribution is -0.149. The highest BCUT2D eigenvalue weighted by Crippen LogP contribution is 2.20. The van der Waals surface area contributed by atoms with Crippen LogP contribution in [0.3, 0.4) is 0 Å². The van der Waals surface area contributed by atoms with Crippen LogP contribution in [0.15, 0.2) is 121 Å². The zero-order valence-corrected chi connectivity index (χ0v) is 84.7. The third kappa shape index (κ3) is 52.6. The van der Waals surface area contributed by atoms with Crippen molar-refractivity contribution in [3.05, 3.63) is 144 Å². The molecule has 8 N–H and O–H groups in total. The topological polar surface area (TPSA) is 331 Å². The fourth-order valence-corrected chi connectivity index (χ4v) is 17.7. The Hall–Kier alpha value is -9.15. The molecule has 0 radical (unpaired) electrons. The largest absolute Gasteiger partial charge is 0.368 e. The molecule has 1 aliphatic rings. The molecule has 1 saturated heterocycles. The summed E-state index contributed by atoms with van der Waals surface area (Å²) >= 11 is 0. The monoisotopic (exact) mass is 1890 g/mol. The lowest BCUT2D eigenvalue weighted by Gasteiger charge is -2.34. The number of benzene rings is 4. The Morgan fingerprint density at radius 1 is 0.221 bits per heavy atom. The van der Waals surface area contributed by atoms with Gasteiger partial charge < -0.3 is 81.7 Å². The molecule has 4 aromatic carbocycles. The van der Waals surface area contributed by atoms with Crippen LogP contribution >= 0.6 is 0 Å². The van der Waals surface area contributed by atoms with E-state index in [9.17, 15) is 19.2 Å². The highest BCUT2D eigenvalue weighted by Gasteiger charge is 2.34. The van der Waals surface area contributed by atoms with Gasteiger partial charge in [0, 0.05) is 111 Å². The second-order valence-corrected chi connectivity index (χ2v) is 37.7. The first-order valence-corrected chi connectivity index (χ1v) is 53.0. The first kappa shape index (κ1) is 117. The van der Waals surface area contributed by atoms with Crippen LogP contribution in [-0.4, -0.2) is 314 Å². The van der Waals surface area contributed by atoms with Crippen LogP contribution in [0.4, 0.5) is 0 Å². The van der Waals surface area contributed by atoms with Gasteiger partial charge >= 0.3 is 0 Å². The molecule has 1 aliphatic heterocycles. The van der Waals surface area contributed by atoms with Crippen LogP contribution in [0.25, 0.3) is 0 Å². The van der Waals surface area contributed by atoms with Crippen molar-refractivity contribution in [2.75, 3.05) is 190 Å². The lowest BCUT2D eigenvalue weighted by atomic mass is 10.1. The maximum Gasteiger partial charge on any atom is 0.242 e. The first-order chi connectivity index (χ1) is 66.2. The average molecular weight is 1890 g/mol. The first-order valence-electron chi connectivity index (χ1n) is 53.0. The van der Waals surface area contributed by atoms with Gasteiger partial charge in [0.1, 0.15) is 0 Å². The summed E-state index contributed by atoms with van der Waals surface area (Å²) in [7, 11) is 0. The summed E-state index contributed by atoms with van der Waals surface area (Å²) in [6, 6.07) is 38.2. The van der Waals surface area contributed by atoms with Gasteiger partial charge in [0.05, 0.1) is 65.4 Å². The minimum absolute atomic E-state index is 0.0272. The molecule has 1 heterocycles. The molecule has 0 unspecified atom stereocenters. The standard InChI is InChI=1S/C109H180N16O11/c1-5-9-13-17-21-25-29-48-71-116(85-99(113)126)101(128)86-117(72-49-30-26-22-18-14-10-6-2)102(129)87-118(73-50-31-27-23-19-15-11-7-3)103(130)88-119(74-51-32-28-24-20-16-12-8-4)104(131)89-120(75-62-95-53-38-33-39-54-95)105(132)91-122(77-64-97-57-42-35-43-58-97)108(135)94-125(80-68-112)109(136)92-123(78-65-98-59-44-36-45-60-98)106(133)90-121(76-63-96-55-40-34-41-56-96)107(134)93-124(79-67-111)100(127)61-46-37-47-69-114-81-83-115(84-82-114)70-52-66-110/h33-36,38-45,53-60H,5-32,37,46-52,61-94,110-112H2,1-4H3,(H2,113,126). The van der Waals surface area contributed by atoms with Crippen molar-refractivity contribution in [1.29, 1.82) is 0 Å². The number of hydrogen-bond donors (Lipinski definition) is 4. The van der Waals surface area contributed by atoms with E-state index in [1.54, 1.807) is 9.80 Å². The van der Waals surface area contributed by atoms with Gasteiger partial charge in [-0.2, -0.15) is 0 Å². The molecular formula is C109H180N16O11. The van der Waals surface area contributed by atoms with Gasteiger partial charge in [-0.15, -0.1) is 0 Å². The number of piperazine rings is 1. The fraction of sp³-hybridized carbons (Fsp3) is 0.679. The molecule has 762 valence electrons. The van der Waals surface area contributed by atoms with Crippen molar-refractivity contribution in [2.45, 2.75) is 291 Å². The molecule has 27 heteroatoms. The molecule has 5 rings (SSSR count). The van der Waals surface area contributed by atoms with Crippen molar-refractivity contribution >= 4 is 65.0 Å². The van der Waals surface area contributed by atoms with Crippen molar-refractivity contribution in [2.24, 2.45) is 22.9 Å². The molecule has 1 fully saturated rings. The van der Waals surface area contributed by atoms with E-state index in [1.807, 2.05) is 121 Å². The average Bonchev–Trinajstić information content (AvgIpc) is 0.844. The number of primary amides is 1. The molecule has 11 amide bonds. The Kier molecular flexibility index (Phi) is 64.6. The fourth-order valence-electron chi connectivity index (χ4n) is 17.7. The van der Waals surface area contributed by atoms with Crippen molar-refractivity contribution < 1.29 is 52.7 Å².